The van der Waals surface area contributed by atoms with Gasteiger partial charge < -0.3 is 10.4 Å². The molecule has 110 valence electrons. The Hall–Kier alpha value is -1.15. The van der Waals surface area contributed by atoms with Crippen LogP contribution in [0.1, 0.15) is 25.7 Å². The molecule has 8 heteroatoms. The van der Waals surface area contributed by atoms with Gasteiger partial charge in [0.1, 0.15) is 0 Å². The Kier molecular flexibility index (Phi) is 5.74. The number of nitrogens with one attached hydrogen (secondary N) is 1. The SMILES string of the molecule is CS(=O)(=O)N1CCC[C@@H](C(=O)NCCCC(=O)O)C1. The molecule has 2 N–H and O–H groups in total. The third-order valence-electron chi connectivity index (χ3n) is 3.09. The highest BCUT2D eigenvalue weighted by molar-refractivity contribution is 7.88. The highest BCUT2D eigenvalue weighted by Crippen LogP contribution is 2.18. The standard InChI is InChI=1S/C11H20N2O5S/c1-19(17,18)13-7-3-4-9(8-13)11(16)12-6-2-5-10(14)15/h9H,2-8H2,1H3,(H,12,16)(H,14,15)/t9-/m1/s1. The van der Waals surface area contributed by atoms with Crippen molar-refractivity contribution in [3.05, 3.63) is 0 Å². The van der Waals surface area contributed by atoms with E-state index in [2.05, 4.69) is 5.32 Å². The molecule has 1 amide bonds. The fourth-order valence-electron chi connectivity index (χ4n) is 2.05. The molecule has 1 heterocycles. The van der Waals surface area contributed by atoms with Crippen LogP contribution in [0, 0.1) is 5.92 Å². The molecule has 1 rings (SSSR count). The largest absolute Gasteiger partial charge is 0.481 e. The van der Waals surface area contributed by atoms with Crippen LogP contribution < -0.4 is 5.32 Å². The summed E-state index contributed by atoms with van der Waals surface area (Å²) in [4.78, 5) is 22.1. The van der Waals surface area contributed by atoms with Gasteiger partial charge in [-0.15, -0.1) is 0 Å². The average Bonchev–Trinajstić information content (AvgIpc) is 2.33. The van der Waals surface area contributed by atoms with E-state index in [1.54, 1.807) is 0 Å². The predicted molar refractivity (Wildman–Crippen MR) is 69.0 cm³/mol. The first-order valence-electron chi connectivity index (χ1n) is 6.25. The topological polar surface area (TPSA) is 104 Å². The molecular formula is C11H20N2O5S. The van der Waals surface area contributed by atoms with E-state index >= 15 is 0 Å². The highest BCUT2D eigenvalue weighted by Gasteiger charge is 2.29. The van der Waals surface area contributed by atoms with Gasteiger partial charge in [0.15, 0.2) is 0 Å². The Bertz CT molecular complexity index is 434. The number of piperidine rings is 1. The number of sulfonamides is 1. The van der Waals surface area contributed by atoms with Gasteiger partial charge in [-0.1, -0.05) is 0 Å². The minimum atomic E-state index is -3.25. The molecule has 0 spiro atoms. The maximum atomic E-state index is 11.8. The number of aliphatic carboxylic acids is 1. The van der Waals surface area contributed by atoms with Crippen LogP contribution in [0.15, 0.2) is 0 Å². The molecule has 0 aromatic rings. The summed E-state index contributed by atoms with van der Waals surface area (Å²) >= 11 is 0. The van der Waals surface area contributed by atoms with Gasteiger partial charge in [-0.05, 0) is 19.3 Å². The normalized spacial score (nSPS) is 21.0. The number of rotatable bonds is 6. The van der Waals surface area contributed by atoms with E-state index in [1.807, 2.05) is 0 Å². The first-order valence-corrected chi connectivity index (χ1v) is 8.10. The van der Waals surface area contributed by atoms with E-state index in [9.17, 15) is 18.0 Å². The van der Waals surface area contributed by atoms with Crippen LogP contribution in [0.5, 0.6) is 0 Å². The number of carboxylic acid groups (broad SMARTS) is 1. The lowest BCUT2D eigenvalue weighted by atomic mass is 9.99. The molecule has 1 atom stereocenters. The molecule has 7 nitrogen and oxygen atoms in total. The van der Waals surface area contributed by atoms with Crippen molar-refractivity contribution in [2.75, 3.05) is 25.9 Å². The van der Waals surface area contributed by atoms with Gasteiger partial charge in [-0.2, -0.15) is 0 Å². The summed E-state index contributed by atoms with van der Waals surface area (Å²) in [5.41, 5.74) is 0. The molecule has 1 saturated heterocycles. The van der Waals surface area contributed by atoms with Crippen molar-refractivity contribution >= 4 is 21.9 Å². The summed E-state index contributed by atoms with van der Waals surface area (Å²) in [5.74, 6) is -1.43. The number of amides is 1. The van der Waals surface area contributed by atoms with Gasteiger partial charge in [0, 0.05) is 26.1 Å². The van der Waals surface area contributed by atoms with Crippen molar-refractivity contribution in [2.24, 2.45) is 5.92 Å². The summed E-state index contributed by atoms with van der Waals surface area (Å²) in [6, 6.07) is 0. The Balaban J connectivity index is 2.38. The van der Waals surface area contributed by atoms with Crippen molar-refractivity contribution in [1.82, 2.24) is 9.62 Å². The van der Waals surface area contributed by atoms with E-state index in [-0.39, 0.29) is 24.8 Å². The lowest BCUT2D eigenvalue weighted by Crippen LogP contribution is -2.45. The lowest BCUT2D eigenvalue weighted by molar-refractivity contribution is -0.137. The second kappa shape index (κ2) is 6.85. The Morgan fingerprint density at radius 3 is 2.68 bits per heavy atom. The predicted octanol–water partition coefficient (Wildman–Crippen LogP) is -0.361. The minimum absolute atomic E-state index is 0.0143. The zero-order chi connectivity index (χ0) is 14.5. The van der Waals surface area contributed by atoms with Crippen LogP contribution in [-0.2, 0) is 19.6 Å². The number of carbonyl (C=O) groups is 2. The summed E-state index contributed by atoms with van der Waals surface area (Å²) in [5, 5.41) is 11.1. The number of carboxylic acids is 1. The second-order valence-electron chi connectivity index (χ2n) is 4.75. The van der Waals surface area contributed by atoms with Crippen LogP contribution in [0.4, 0.5) is 0 Å². The first-order chi connectivity index (χ1) is 8.80. The molecule has 0 aromatic heterocycles. The van der Waals surface area contributed by atoms with E-state index in [4.69, 9.17) is 5.11 Å². The zero-order valence-corrected chi connectivity index (χ0v) is 11.8. The molecule has 0 radical (unpaired) electrons. The fraction of sp³-hybridized carbons (Fsp3) is 0.818. The molecule has 1 aliphatic rings. The van der Waals surface area contributed by atoms with Crippen molar-refractivity contribution < 1.29 is 23.1 Å². The summed E-state index contributed by atoms with van der Waals surface area (Å²) < 4.78 is 24.2. The maximum absolute atomic E-state index is 11.8. The number of nitrogens with zero attached hydrogens (tertiary/aromatic N) is 1. The van der Waals surface area contributed by atoms with E-state index < -0.39 is 16.0 Å². The van der Waals surface area contributed by atoms with Gasteiger partial charge in [-0.3, -0.25) is 9.59 Å². The first kappa shape index (κ1) is 15.9. The summed E-state index contributed by atoms with van der Waals surface area (Å²) in [6.07, 6.45) is 2.86. The molecule has 0 aliphatic carbocycles. The Morgan fingerprint density at radius 2 is 2.11 bits per heavy atom. The molecule has 0 saturated carbocycles. The Labute approximate surface area is 113 Å². The molecule has 19 heavy (non-hydrogen) atoms. The van der Waals surface area contributed by atoms with Gasteiger partial charge >= 0.3 is 5.97 Å². The van der Waals surface area contributed by atoms with Crippen LogP contribution in [0.2, 0.25) is 0 Å². The smallest absolute Gasteiger partial charge is 0.303 e. The fourth-order valence-corrected chi connectivity index (χ4v) is 2.96. The summed E-state index contributed by atoms with van der Waals surface area (Å²) in [6.45, 7) is 0.978. The van der Waals surface area contributed by atoms with Crippen molar-refractivity contribution in [2.45, 2.75) is 25.7 Å². The quantitative estimate of drug-likeness (QED) is 0.651. The zero-order valence-electron chi connectivity index (χ0n) is 11.0. The molecule has 1 aliphatic heterocycles. The van der Waals surface area contributed by atoms with Crippen LogP contribution in [0.3, 0.4) is 0 Å². The van der Waals surface area contributed by atoms with E-state index in [0.717, 1.165) is 6.26 Å². The average molecular weight is 292 g/mol. The molecule has 0 bridgehead atoms. The third-order valence-corrected chi connectivity index (χ3v) is 4.36. The van der Waals surface area contributed by atoms with E-state index in [0.29, 0.717) is 32.4 Å². The van der Waals surface area contributed by atoms with Crippen LogP contribution in [0.25, 0.3) is 0 Å². The monoisotopic (exact) mass is 292 g/mol. The Morgan fingerprint density at radius 1 is 1.42 bits per heavy atom. The van der Waals surface area contributed by atoms with Crippen LogP contribution >= 0.6 is 0 Å². The van der Waals surface area contributed by atoms with E-state index in [1.165, 1.54) is 4.31 Å². The van der Waals surface area contributed by atoms with Crippen molar-refractivity contribution in [3.63, 3.8) is 0 Å². The lowest BCUT2D eigenvalue weighted by Gasteiger charge is -2.30. The molecule has 0 unspecified atom stereocenters. The molecule has 0 aromatic carbocycles. The van der Waals surface area contributed by atoms with Gasteiger partial charge in [0.2, 0.25) is 15.9 Å². The van der Waals surface area contributed by atoms with Gasteiger partial charge in [-0.25, -0.2) is 12.7 Å². The second-order valence-corrected chi connectivity index (χ2v) is 6.73. The van der Waals surface area contributed by atoms with Crippen molar-refractivity contribution in [1.29, 1.82) is 0 Å². The number of hydrogen-bond donors (Lipinski definition) is 2. The third kappa shape index (κ3) is 5.56. The van der Waals surface area contributed by atoms with Crippen LogP contribution in [-0.4, -0.2) is 55.6 Å². The minimum Gasteiger partial charge on any atom is -0.481 e. The van der Waals surface area contributed by atoms with Gasteiger partial charge in [0.05, 0.1) is 12.2 Å². The number of carbonyl (C=O) groups excluding carboxylic acids is 1. The van der Waals surface area contributed by atoms with Crippen molar-refractivity contribution in [3.8, 4) is 0 Å². The summed E-state index contributed by atoms with van der Waals surface area (Å²) in [7, 11) is -3.25. The molecular weight excluding hydrogens is 272 g/mol. The highest BCUT2D eigenvalue weighted by atomic mass is 32.2. The van der Waals surface area contributed by atoms with Gasteiger partial charge in [0.25, 0.3) is 0 Å². The number of hydrogen-bond acceptors (Lipinski definition) is 4. The maximum Gasteiger partial charge on any atom is 0.303 e. The molecule has 1 fully saturated rings.